The highest BCUT2D eigenvalue weighted by Gasteiger charge is 1.81. The molecule has 0 saturated carbocycles. The van der Waals surface area contributed by atoms with Crippen LogP contribution in [0.2, 0.25) is 0 Å². The van der Waals surface area contributed by atoms with E-state index >= 15 is 0 Å². The molecule has 0 aromatic carbocycles. The summed E-state index contributed by atoms with van der Waals surface area (Å²) in [6.07, 6.45) is 11.5. The van der Waals surface area contributed by atoms with Crippen molar-refractivity contribution in [2.75, 3.05) is 19.8 Å². The first kappa shape index (κ1) is 13.2. The van der Waals surface area contributed by atoms with E-state index in [1.165, 1.54) is 12.8 Å². The normalized spacial score (nSPS) is 11.6. The van der Waals surface area contributed by atoms with Crippen LogP contribution in [0, 0.1) is 0 Å². The Morgan fingerprint density at radius 1 is 1.07 bits per heavy atom. The van der Waals surface area contributed by atoms with E-state index in [0.717, 1.165) is 13.0 Å². The van der Waals surface area contributed by atoms with Gasteiger partial charge >= 0.3 is 0 Å². The van der Waals surface area contributed by atoms with E-state index in [9.17, 15) is 0 Å². The quantitative estimate of drug-likeness (QED) is 0.321. The molecule has 0 fully saturated rings. The van der Waals surface area contributed by atoms with Crippen LogP contribution in [0.3, 0.4) is 0 Å². The van der Waals surface area contributed by atoms with E-state index in [-0.39, 0.29) is 0 Å². The van der Waals surface area contributed by atoms with Gasteiger partial charge in [0.2, 0.25) is 0 Å². The van der Waals surface area contributed by atoms with Gasteiger partial charge in [0.05, 0.1) is 12.9 Å². The number of rotatable bonds is 9. The van der Waals surface area contributed by atoms with Crippen LogP contribution in [-0.2, 0) is 9.47 Å². The Kier molecular flexibility index (Phi) is 11.6. The lowest BCUT2D eigenvalue weighted by atomic mass is 10.2. The molecule has 82 valence electrons. The van der Waals surface area contributed by atoms with Gasteiger partial charge in [-0.3, -0.25) is 0 Å². The van der Waals surface area contributed by atoms with Crippen LogP contribution in [0.5, 0.6) is 0 Å². The van der Waals surface area contributed by atoms with E-state index in [2.05, 4.69) is 13.0 Å². The highest BCUT2D eigenvalue weighted by molar-refractivity contribution is 4.99. The molecule has 0 amide bonds. The fourth-order valence-corrected chi connectivity index (χ4v) is 0.917. The van der Waals surface area contributed by atoms with E-state index in [0.29, 0.717) is 13.2 Å². The molecule has 0 aromatic heterocycles. The first-order chi connectivity index (χ1) is 6.91. The van der Waals surface area contributed by atoms with Crippen molar-refractivity contribution >= 4 is 0 Å². The molecule has 0 heterocycles. The Morgan fingerprint density at radius 3 is 2.64 bits per heavy atom. The van der Waals surface area contributed by atoms with Gasteiger partial charge in [0.25, 0.3) is 0 Å². The number of ether oxygens (including phenoxy) is 2. The molecule has 0 saturated heterocycles. The summed E-state index contributed by atoms with van der Waals surface area (Å²) in [5.41, 5.74) is 0. The van der Waals surface area contributed by atoms with Crippen molar-refractivity contribution in [2.45, 2.75) is 33.1 Å². The summed E-state index contributed by atoms with van der Waals surface area (Å²) in [5.74, 6) is 0. The molecular formula is C12H22O2. The zero-order valence-corrected chi connectivity index (χ0v) is 9.37. The molecule has 2 nitrogen and oxygen atoms in total. The third-order valence-electron chi connectivity index (χ3n) is 1.70. The van der Waals surface area contributed by atoms with Crippen LogP contribution in [0.4, 0.5) is 0 Å². The van der Waals surface area contributed by atoms with Crippen molar-refractivity contribution in [3.05, 3.63) is 24.5 Å². The summed E-state index contributed by atoms with van der Waals surface area (Å²) in [6, 6.07) is 0. The first-order valence-electron chi connectivity index (χ1n) is 5.42. The van der Waals surface area contributed by atoms with Gasteiger partial charge in [0.1, 0.15) is 6.61 Å². The highest BCUT2D eigenvalue weighted by atomic mass is 16.5. The Balaban J connectivity index is 3.14. The third-order valence-corrected chi connectivity index (χ3v) is 1.70. The monoisotopic (exact) mass is 198 g/mol. The van der Waals surface area contributed by atoms with Crippen LogP contribution >= 0.6 is 0 Å². The first-order valence-corrected chi connectivity index (χ1v) is 5.42. The Hall–Kier alpha value is -0.760. The van der Waals surface area contributed by atoms with Gasteiger partial charge in [-0.2, -0.15) is 0 Å². The van der Waals surface area contributed by atoms with Crippen LogP contribution in [0.1, 0.15) is 33.1 Å². The molecule has 0 spiro atoms. The molecule has 0 bridgehead atoms. The molecule has 0 unspecified atom stereocenters. The van der Waals surface area contributed by atoms with Crippen molar-refractivity contribution in [3.8, 4) is 0 Å². The van der Waals surface area contributed by atoms with Gasteiger partial charge in [0.15, 0.2) is 0 Å². The van der Waals surface area contributed by atoms with Gasteiger partial charge in [-0.05, 0) is 19.4 Å². The molecule has 14 heavy (non-hydrogen) atoms. The highest BCUT2D eigenvalue weighted by Crippen LogP contribution is 1.94. The maximum absolute atomic E-state index is 5.19. The summed E-state index contributed by atoms with van der Waals surface area (Å²) in [5, 5.41) is 0. The molecule has 0 aliphatic rings. The zero-order valence-electron chi connectivity index (χ0n) is 9.37. The predicted octanol–water partition coefficient (Wildman–Crippen LogP) is 3.30. The molecule has 0 atom stereocenters. The molecule has 0 radical (unpaired) electrons. The van der Waals surface area contributed by atoms with Gasteiger partial charge in [0, 0.05) is 6.61 Å². The number of allylic oxidation sites excluding steroid dienone is 3. The maximum atomic E-state index is 5.19. The minimum absolute atomic E-state index is 0.632. The van der Waals surface area contributed by atoms with Crippen LogP contribution in [0.25, 0.3) is 0 Å². The SMILES string of the molecule is CCCC/C=C\C=C/OCCOCC. The van der Waals surface area contributed by atoms with Crippen LogP contribution < -0.4 is 0 Å². The van der Waals surface area contributed by atoms with Gasteiger partial charge in [-0.15, -0.1) is 0 Å². The van der Waals surface area contributed by atoms with Crippen molar-refractivity contribution in [1.29, 1.82) is 0 Å². The van der Waals surface area contributed by atoms with E-state index in [4.69, 9.17) is 9.47 Å². The maximum Gasteiger partial charge on any atom is 0.111 e. The second-order valence-corrected chi connectivity index (χ2v) is 2.97. The van der Waals surface area contributed by atoms with Crippen molar-refractivity contribution < 1.29 is 9.47 Å². The Labute approximate surface area is 87.6 Å². The summed E-state index contributed by atoms with van der Waals surface area (Å²) >= 11 is 0. The zero-order chi connectivity index (χ0) is 10.5. The summed E-state index contributed by atoms with van der Waals surface area (Å²) in [4.78, 5) is 0. The molecule has 0 N–H and O–H groups in total. The van der Waals surface area contributed by atoms with E-state index in [1.807, 2.05) is 19.1 Å². The standard InChI is InChI=1S/C12H22O2/c1-3-5-6-7-8-9-10-14-12-11-13-4-2/h7-10H,3-6,11-12H2,1-2H3/b8-7-,10-9-. The Morgan fingerprint density at radius 2 is 1.93 bits per heavy atom. The lowest BCUT2D eigenvalue weighted by molar-refractivity contribution is 0.0933. The molecular weight excluding hydrogens is 176 g/mol. The summed E-state index contributed by atoms with van der Waals surface area (Å²) in [6.45, 7) is 6.23. The minimum Gasteiger partial charge on any atom is -0.499 e. The predicted molar refractivity (Wildman–Crippen MR) is 60.3 cm³/mol. The fourth-order valence-electron chi connectivity index (χ4n) is 0.917. The molecule has 2 heteroatoms. The lowest BCUT2D eigenvalue weighted by Gasteiger charge is -1.99. The second kappa shape index (κ2) is 12.2. The topological polar surface area (TPSA) is 18.5 Å². The van der Waals surface area contributed by atoms with Crippen molar-refractivity contribution in [2.24, 2.45) is 0 Å². The smallest absolute Gasteiger partial charge is 0.111 e. The van der Waals surface area contributed by atoms with Crippen LogP contribution in [0.15, 0.2) is 24.5 Å². The van der Waals surface area contributed by atoms with E-state index < -0.39 is 0 Å². The Bertz CT molecular complexity index is 150. The second-order valence-electron chi connectivity index (χ2n) is 2.97. The van der Waals surface area contributed by atoms with E-state index in [1.54, 1.807) is 6.26 Å². The summed E-state index contributed by atoms with van der Waals surface area (Å²) < 4.78 is 10.3. The molecule has 0 rings (SSSR count). The average molecular weight is 198 g/mol. The molecule has 0 aromatic rings. The van der Waals surface area contributed by atoms with Crippen molar-refractivity contribution in [3.63, 3.8) is 0 Å². The average Bonchev–Trinajstić information content (AvgIpc) is 2.21. The van der Waals surface area contributed by atoms with Crippen LogP contribution in [-0.4, -0.2) is 19.8 Å². The lowest BCUT2D eigenvalue weighted by Crippen LogP contribution is -1.99. The molecule has 0 aliphatic heterocycles. The fraction of sp³-hybridized carbons (Fsp3) is 0.667. The minimum atomic E-state index is 0.632. The summed E-state index contributed by atoms with van der Waals surface area (Å²) in [7, 11) is 0. The third kappa shape index (κ3) is 11.2. The van der Waals surface area contributed by atoms with Gasteiger partial charge < -0.3 is 9.47 Å². The largest absolute Gasteiger partial charge is 0.499 e. The number of unbranched alkanes of at least 4 members (excludes halogenated alkanes) is 2. The van der Waals surface area contributed by atoms with Gasteiger partial charge in [-0.25, -0.2) is 0 Å². The molecule has 0 aliphatic carbocycles. The van der Waals surface area contributed by atoms with Crippen molar-refractivity contribution in [1.82, 2.24) is 0 Å². The number of hydrogen-bond donors (Lipinski definition) is 0. The number of hydrogen-bond acceptors (Lipinski definition) is 2. The van der Waals surface area contributed by atoms with Gasteiger partial charge in [-0.1, -0.05) is 31.9 Å².